The third-order valence-electron chi connectivity index (χ3n) is 2.45. The number of hydrogen-bond acceptors (Lipinski definition) is 4. The quantitative estimate of drug-likeness (QED) is 0.661. The van der Waals surface area contributed by atoms with Crippen molar-refractivity contribution in [2.24, 2.45) is 7.05 Å². The van der Waals surface area contributed by atoms with E-state index in [1.807, 2.05) is 19.3 Å². The lowest BCUT2D eigenvalue weighted by Crippen LogP contribution is -1.98. The first-order valence-corrected chi connectivity index (χ1v) is 5.04. The number of rotatable bonds is 2. The smallest absolute Gasteiger partial charge is 0.185 e. The summed E-state index contributed by atoms with van der Waals surface area (Å²) in [4.78, 5) is 0. The molecule has 0 radical (unpaired) electrons. The third-order valence-corrected chi connectivity index (χ3v) is 2.45. The molecule has 0 atom stereocenters. The topological polar surface area (TPSA) is 60.9 Å². The molecule has 0 aliphatic heterocycles. The average Bonchev–Trinajstić information content (AvgIpc) is 2.94. The van der Waals surface area contributed by atoms with Gasteiger partial charge in [-0.05, 0) is 12.1 Å². The maximum absolute atomic E-state index is 12.6. The number of hydrogen-bond donors (Lipinski definition) is 0. The molecule has 17 heavy (non-hydrogen) atoms. The van der Waals surface area contributed by atoms with E-state index in [-0.39, 0.29) is 5.82 Å². The Morgan fingerprint density at radius 3 is 2.88 bits per heavy atom. The Labute approximate surface area is 95.7 Å². The van der Waals surface area contributed by atoms with E-state index in [4.69, 9.17) is 0 Å². The van der Waals surface area contributed by atoms with Crippen LogP contribution in [0.5, 0.6) is 0 Å². The molecule has 0 aromatic carbocycles. The largest absolute Gasteiger partial charge is 0.275 e. The van der Waals surface area contributed by atoms with Gasteiger partial charge in [-0.25, -0.2) is 4.39 Å². The van der Waals surface area contributed by atoms with Crippen LogP contribution in [0.3, 0.4) is 0 Å². The zero-order valence-corrected chi connectivity index (χ0v) is 9.08. The lowest BCUT2D eigenvalue weighted by molar-refractivity contribution is 0.457. The van der Waals surface area contributed by atoms with Crippen LogP contribution >= 0.6 is 0 Å². The van der Waals surface area contributed by atoms with Crippen LogP contribution in [0.2, 0.25) is 0 Å². The number of aromatic nitrogens is 6. The van der Waals surface area contributed by atoms with Crippen molar-refractivity contribution in [1.82, 2.24) is 29.6 Å². The standard InChI is InChI=1S/C10H9FN6/c1-16-6-7(5-12-16)8-2-3-9-13-14-10(4-11)17(9)15-8/h2-3,5-6H,4H2,1H3. The first-order chi connectivity index (χ1) is 8.28. The summed E-state index contributed by atoms with van der Waals surface area (Å²) in [5.74, 6) is 0.200. The van der Waals surface area contributed by atoms with Crippen molar-refractivity contribution in [3.05, 3.63) is 30.4 Å². The molecule has 0 amide bonds. The molecule has 0 bridgehead atoms. The summed E-state index contributed by atoms with van der Waals surface area (Å²) < 4.78 is 15.7. The number of alkyl halides is 1. The zero-order valence-electron chi connectivity index (χ0n) is 9.08. The van der Waals surface area contributed by atoms with Crippen molar-refractivity contribution in [3.8, 4) is 11.3 Å². The highest BCUT2D eigenvalue weighted by Crippen LogP contribution is 2.16. The fourth-order valence-electron chi connectivity index (χ4n) is 1.62. The van der Waals surface area contributed by atoms with Gasteiger partial charge in [0, 0.05) is 18.8 Å². The molecule has 0 aliphatic carbocycles. The molecule has 0 fully saturated rings. The number of aryl methyl sites for hydroxylation is 1. The molecule has 7 heteroatoms. The molecule has 3 heterocycles. The molecule has 0 spiro atoms. The predicted octanol–water partition coefficient (Wildman–Crippen LogP) is 0.994. The van der Waals surface area contributed by atoms with Gasteiger partial charge in [-0.1, -0.05) is 0 Å². The van der Waals surface area contributed by atoms with Gasteiger partial charge in [-0.3, -0.25) is 4.68 Å². The van der Waals surface area contributed by atoms with Gasteiger partial charge in [0.05, 0.1) is 11.9 Å². The number of fused-ring (bicyclic) bond motifs is 1. The SMILES string of the molecule is Cn1cc(-c2ccc3nnc(CF)n3n2)cn1. The van der Waals surface area contributed by atoms with E-state index in [0.717, 1.165) is 5.56 Å². The van der Waals surface area contributed by atoms with E-state index in [1.165, 1.54) is 4.52 Å². The van der Waals surface area contributed by atoms with Crippen LogP contribution in [0.4, 0.5) is 4.39 Å². The van der Waals surface area contributed by atoms with Gasteiger partial charge in [0.2, 0.25) is 0 Å². The normalized spacial score (nSPS) is 11.2. The summed E-state index contributed by atoms with van der Waals surface area (Å²) in [5, 5.41) is 15.9. The predicted molar refractivity (Wildman–Crippen MR) is 57.8 cm³/mol. The van der Waals surface area contributed by atoms with E-state index in [1.54, 1.807) is 16.9 Å². The second-order valence-electron chi connectivity index (χ2n) is 3.64. The van der Waals surface area contributed by atoms with E-state index < -0.39 is 6.67 Å². The van der Waals surface area contributed by atoms with Gasteiger partial charge in [-0.15, -0.1) is 10.2 Å². The van der Waals surface area contributed by atoms with Crippen LogP contribution in [0.1, 0.15) is 5.82 Å². The van der Waals surface area contributed by atoms with Gasteiger partial charge in [0.25, 0.3) is 0 Å². The van der Waals surface area contributed by atoms with E-state index in [0.29, 0.717) is 11.3 Å². The highest BCUT2D eigenvalue weighted by atomic mass is 19.1. The van der Waals surface area contributed by atoms with Gasteiger partial charge >= 0.3 is 0 Å². The minimum absolute atomic E-state index is 0.200. The lowest BCUT2D eigenvalue weighted by Gasteiger charge is -1.98. The molecule has 6 nitrogen and oxygen atoms in total. The molecule has 0 aliphatic rings. The van der Waals surface area contributed by atoms with Gasteiger partial charge < -0.3 is 0 Å². The molecule has 0 saturated carbocycles. The fourth-order valence-corrected chi connectivity index (χ4v) is 1.62. The van der Waals surface area contributed by atoms with Gasteiger partial charge in [0.15, 0.2) is 18.1 Å². The highest BCUT2D eigenvalue weighted by Gasteiger charge is 2.08. The molecule has 0 unspecified atom stereocenters. The Balaban J connectivity index is 2.18. The van der Waals surface area contributed by atoms with Crippen molar-refractivity contribution < 1.29 is 4.39 Å². The Morgan fingerprint density at radius 1 is 1.29 bits per heavy atom. The van der Waals surface area contributed by atoms with Crippen molar-refractivity contribution in [2.75, 3.05) is 0 Å². The molecular formula is C10H9FN6. The van der Waals surface area contributed by atoms with Gasteiger partial charge in [0.1, 0.15) is 0 Å². The first-order valence-electron chi connectivity index (χ1n) is 5.04. The Kier molecular flexibility index (Phi) is 2.10. The summed E-state index contributed by atoms with van der Waals surface area (Å²) >= 11 is 0. The second-order valence-corrected chi connectivity index (χ2v) is 3.64. The maximum Gasteiger partial charge on any atom is 0.185 e. The summed E-state index contributed by atoms with van der Waals surface area (Å²) in [6, 6.07) is 3.56. The molecule has 3 rings (SSSR count). The van der Waals surface area contributed by atoms with E-state index in [9.17, 15) is 4.39 Å². The minimum atomic E-state index is -0.690. The summed E-state index contributed by atoms with van der Waals surface area (Å²) in [5.41, 5.74) is 2.11. The molecule has 3 aromatic heterocycles. The molecule has 3 aromatic rings. The Morgan fingerprint density at radius 2 is 2.18 bits per heavy atom. The van der Waals surface area contributed by atoms with Crippen molar-refractivity contribution in [3.63, 3.8) is 0 Å². The molecule has 0 saturated heterocycles. The minimum Gasteiger partial charge on any atom is -0.275 e. The summed E-state index contributed by atoms with van der Waals surface area (Å²) in [6.45, 7) is -0.690. The summed E-state index contributed by atoms with van der Waals surface area (Å²) in [7, 11) is 1.83. The highest BCUT2D eigenvalue weighted by molar-refractivity contribution is 5.58. The van der Waals surface area contributed by atoms with Crippen LogP contribution in [0.15, 0.2) is 24.5 Å². The van der Waals surface area contributed by atoms with Crippen molar-refractivity contribution in [2.45, 2.75) is 6.67 Å². The Bertz CT molecular complexity index is 670. The Hall–Kier alpha value is -2.31. The van der Waals surface area contributed by atoms with E-state index in [2.05, 4.69) is 20.4 Å². The molecular weight excluding hydrogens is 223 g/mol. The van der Waals surface area contributed by atoms with E-state index >= 15 is 0 Å². The number of nitrogens with zero attached hydrogens (tertiary/aromatic N) is 6. The third kappa shape index (κ3) is 1.55. The molecule has 0 N–H and O–H groups in total. The maximum atomic E-state index is 12.6. The van der Waals surface area contributed by atoms with Crippen LogP contribution in [0.25, 0.3) is 16.9 Å². The van der Waals surface area contributed by atoms with Crippen LogP contribution in [-0.2, 0) is 13.7 Å². The second kappa shape index (κ2) is 3.62. The lowest BCUT2D eigenvalue weighted by atomic mass is 10.2. The van der Waals surface area contributed by atoms with Crippen molar-refractivity contribution >= 4 is 5.65 Å². The van der Waals surface area contributed by atoms with Crippen molar-refractivity contribution in [1.29, 1.82) is 0 Å². The zero-order chi connectivity index (χ0) is 11.8. The van der Waals surface area contributed by atoms with Crippen LogP contribution in [0, 0.1) is 0 Å². The fraction of sp³-hybridized carbons (Fsp3) is 0.200. The molecule has 86 valence electrons. The van der Waals surface area contributed by atoms with Crippen LogP contribution in [-0.4, -0.2) is 29.6 Å². The average molecular weight is 232 g/mol. The first kappa shape index (κ1) is 9.88. The van der Waals surface area contributed by atoms with Gasteiger partial charge in [-0.2, -0.15) is 14.7 Å². The number of halogens is 1. The summed E-state index contributed by atoms with van der Waals surface area (Å²) in [6.07, 6.45) is 3.54. The van der Waals surface area contributed by atoms with Crippen LogP contribution < -0.4 is 0 Å². The monoisotopic (exact) mass is 232 g/mol.